The summed E-state index contributed by atoms with van der Waals surface area (Å²) in [6, 6.07) is 4.82. The van der Waals surface area contributed by atoms with Crippen LogP contribution in [-0.4, -0.2) is 38.3 Å². The SMILES string of the molecule is O=C(Cc1cn2cc(F)ccc2n1)Nc1ccnn1C1CCOC1. The topological polar surface area (TPSA) is 73.5 Å². The molecule has 124 valence electrons. The molecule has 0 bridgehead atoms. The van der Waals surface area contributed by atoms with Crippen molar-refractivity contribution >= 4 is 17.4 Å². The second kappa shape index (κ2) is 6.04. The molecule has 3 aromatic heterocycles. The van der Waals surface area contributed by atoms with Gasteiger partial charge < -0.3 is 14.5 Å². The summed E-state index contributed by atoms with van der Waals surface area (Å²) in [5, 5.41) is 7.12. The summed E-state index contributed by atoms with van der Waals surface area (Å²) < 4.78 is 21.9. The molecule has 1 saturated heterocycles. The Morgan fingerprint density at radius 3 is 3.12 bits per heavy atom. The molecule has 1 unspecified atom stereocenters. The Hall–Kier alpha value is -2.74. The summed E-state index contributed by atoms with van der Waals surface area (Å²) in [4.78, 5) is 16.6. The first-order chi connectivity index (χ1) is 11.7. The average molecular weight is 329 g/mol. The Balaban J connectivity index is 1.47. The number of amides is 1. The Morgan fingerprint density at radius 2 is 2.29 bits per heavy atom. The lowest BCUT2D eigenvalue weighted by Crippen LogP contribution is -2.20. The molecule has 0 radical (unpaired) electrons. The van der Waals surface area contributed by atoms with Gasteiger partial charge in [-0.25, -0.2) is 14.1 Å². The second-order valence-corrected chi connectivity index (χ2v) is 5.75. The predicted molar refractivity (Wildman–Crippen MR) is 84.2 cm³/mol. The molecule has 0 aliphatic carbocycles. The zero-order valence-corrected chi connectivity index (χ0v) is 12.9. The van der Waals surface area contributed by atoms with Crippen molar-refractivity contribution < 1.29 is 13.9 Å². The van der Waals surface area contributed by atoms with Gasteiger partial charge in [-0.3, -0.25) is 4.79 Å². The van der Waals surface area contributed by atoms with Crippen LogP contribution in [0, 0.1) is 5.82 Å². The standard InChI is InChI=1S/C16H16FN5O2/c17-11-1-2-14-19-12(9-21(14)8-11)7-16(23)20-15-3-5-18-22(15)13-4-6-24-10-13/h1-3,5,8-9,13H,4,6-7,10H2,(H,20,23). The summed E-state index contributed by atoms with van der Waals surface area (Å²) in [6.45, 7) is 1.30. The molecule has 0 saturated carbocycles. The van der Waals surface area contributed by atoms with E-state index in [2.05, 4.69) is 15.4 Å². The van der Waals surface area contributed by atoms with E-state index in [0.29, 0.717) is 30.4 Å². The molecule has 3 aromatic rings. The van der Waals surface area contributed by atoms with Gasteiger partial charge in [0.15, 0.2) is 0 Å². The zero-order valence-electron chi connectivity index (χ0n) is 12.9. The van der Waals surface area contributed by atoms with Gasteiger partial charge in [-0.2, -0.15) is 5.10 Å². The fraction of sp³-hybridized carbons (Fsp3) is 0.312. The molecule has 1 amide bonds. The van der Waals surface area contributed by atoms with E-state index in [9.17, 15) is 9.18 Å². The van der Waals surface area contributed by atoms with E-state index >= 15 is 0 Å². The molecular formula is C16H16FN5O2. The number of ether oxygens (including phenoxy) is 1. The van der Waals surface area contributed by atoms with Crippen LogP contribution in [0.4, 0.5) is 10.2 Å². The smallest absolute Gasteiger partial charge is 0.231 e. The quantitative estimate of drug-likeness (QED) is 0.792. The van der Waals surface area contributed by atoms with Gasteiger partial charge in [0.25, 0.3) is 0 Å². The molecule has 0 aromatic carbocycles. The van der Waals surface area contributed by atoms with Crippen molar-refractivity contribution in [3.05, 3.63) is 48.3 Å². The molecule has 8 heteroatoms. The van der Waals surface area contributed by atoms with Crippen LogP contribution in [0.5, 0.6) is 0 Å². The van der Waals surface area contributed by atoms with Crippen LogP contribution in [0.1, 0.15) is 18.2 Å². The number of rotatable bonds is 4. The van der Waals surface area contributed by atoms with Gasteiger partial charge in [0, 0.05) is 25.1 Å². The van der Waals surface area contributed by atoms with Gasteiger partial charge in [-0.1, -0.05) is 0 Å². The summed E-state index contributed by atoms with van der Waals surface area (Å²) in [6.07, 6.45) is 5.62. The normalized spacial score (nSPS) is 17.5. The number of nitrogens with zero attached hydrogens (tertiary/aromatic N) is 4. The van der Waals surface area contributed by atoms with Crippen molar-refractivity contribution in [3.63, 3.8) is 0 Å². The number of aromatic nitrogens is 4. The van der Waals surface area contributed by atoms with Gasteiger partial charge in [0.05, 0.1) is 31.0 Å². The van der Waals surface area contributed by atoms with Crippen LogP contribution in [0.25, 0.3) is 5.65 Å². The van der Waals surface area contributed by atoms with Crippen molar-refractivity contribution in [2.75, 3.05) is 18.5 Å². The van der Waals surface area contributed by atoms with Crippen molar-refractivity contribution in [3.8, 4) is 0 Å². The van der Waals surface area contributed by atoms with Crippen molar-refractivity contribution in [1.29, 1.82) is 0 Å². The molecule has 4 heterocycles. The van der Waals surface area contributed by atoms with Gasteiger partial charge >= 0.3 is 0 Å². The second-order valence-electron chi connectivity index (χ2n) is 5.75. The first-order valence-electron chi connectivity index (χ1n) is 7.73. The van der Waals surface area contributed by atoms with Crippen molar-refractivity contribution in [2.45, 2.75) is 18.9 Å². The monoisotopic (exact) mass is 329 g/mol. The lowest BCUT2D eigenvalue weighted by atomic mass is 10.2. The number of carbonyl (C=O) groups excluding carboxylic acids is 1. The first-order valence-corrected chi connectivity index (χ1v) is 7.73. The number of anilines is 1. The first kappa shape index (κ1) is 14.8. The molecule has 1 aliphatic rings. The zero-order chi connectivity index (χ0) is 16.5. The molecule has 1 N–H and O–H groups in total. The van der Waals surface area contributed by atoms with Crippen LogP contribution in [-0.2, 0) is 16.0 Å². The average Bonchev–Trinajstić information content (AvgIpc) is 3.25. The van der Waals surface area contributed by atoms with Gasteiger partial charge in [-0.05, 0) is 18.6 Å². The van der Waals surface area contributed by atoms with E-state index in [-0.39, 0.29) is 24.2 Å². The van der Waals surface area contributed by atoms with Crippen LogP contribution in [0.15, 0.2) is 36.8 Å². The van der Waals surface area contributed by atoms with Crippen molar-refractivity contribution in [2.24, 2.45) is 0 Å². The maximum Gasteiger partial charge on any atom is 0.231 e. The number of halogens is 1. The predicted octanol–water partition coefficient (Wildman–Crippen LogP) is 1.81. The van der Waals surface area contributed by atoms with Crippen molar-refractivity contribution in [1.82, 2.24) is 19.2 Å². The number of pyridine rings is 1. The highest BCUT2D eigenvalue weighted by Crippen LogP contribution is 2.22. The fourth-order valence-corrected chi connectivity index (χ4v) is 2.87. The highest BCUT2D eigenvalue weighted by molar-refractivity contribution is 5.91. The summed E-state index contributed by atoms with van der Waals surface area (Å²) in [5.74, 6) is 0.100. The van der Waals surface area contributed by atoms with Gasteiger partial charge in [0.1, 0.15) is 17.3 Å². The van der Waals surface area contributed by atoms with Crippen LogP contribution in [0.2, 0.25) is 0 Å². The van der Waals surface area contributed by atoms with E-state index in [0.717, 1.165) is 6.42 Å². The fourth-order valence-electron chi connectivity index (χ4n) is 2.87. The van der Waals surface area contributed by atoms with Crippen LogP contribution >= 0.6 is 0 Å². The molecule has 7 nitrogen and oxygen atoms in total. The number of nitrogens with one attached hydrogen (secondary N) is 1. The minimum absolute atomic E-state index is 0.107. The maximum atomic E-state index is 13.2. The Kier molecular flexibility index (Phi) is 3.73. The lowest BCUT2D eigenvalue weighted by Gasteiger charge is -2.13. The largest absolute Gasteiger partial charge is 0.379 e. The number of hydrogen-bond donors (Lipinski definition) is 1. The summed E-state index contributed by atoms with van der Waals surface area (Å²) >= 11 is 0. The minimum atomic E-state index is -0.349. The molecule has 4 rings (SSSR count). The number of imidazole rings is 1. The van der Waals surface area contributed by atoms with E-state index in [1.165, 1.54) is 12.3 Å². The highest BCUT2D eigenvalue weighted by atomic mass is 19.1. The number of hydrogen-bond acceptors (Lipinski definition) is 4. The van der Waals surface area contributed by atoms with Crippen LogP contribution in [0.3, 0.4) is 0 Å². The minimum Gasteiger partial charge on any atom is -0.379 e. The number of fused-ring (bicyclic) bond motifs is 1. The molecule has 1 atom stereocenters. The Labute approximate surface area is 137 Å². The third-order valence-corrected chi connectivity index (χ3v) is 4.00. The molecular weight excluding hydrogens is 313 g/mol. The molecule has 1 fully saturated rings. The van der Waals surface area contributed by atoms with E-state index in [4.69, 9.17) is 4.74 Å². The molecule has 0 spiro atoms. The summed E-state index contributed by atoms with van der Waals surface area (Å²) in [7, 11) is 0. The lowest BCUT2D eigenvalue weighted by molar-refractivity contribution is -0.115. The third-order valence-electron chi connectivity index (χ3n) is 4.00. The summed E-state index contributed by atoms with van der Waals surface area (Å²) in [5.41, 5.74) is 1.18. The molecule has 1 aliphatic heterocycles. The number of carbonyl (C=O) groups is 1. The Morgan fingerprint density at radius 1 is 1.38 bits per heavy atom. The van der Waals surface area contributed by atoms with E-state index in [1.807, 2.05) is 0 Å². The third kappa shape index (κ3) is 2.88. The molecule has 24 heavy (non-hydrogen) atoms. The van der Waals surface area contributed by atoms with Crippen LogP contribution < -0.4 is 5.32 Å². The Bertz CT molecular complexity index is 882. The van der Waals surface area contributed by atoms with Gasteiger partial charge in [-0.15, -0.1) is 0 Å². The highest BCUT2D eigenvalue weighted by Gasteiger charge is 2.21. The maximum absolute atomic E-state index is 13.2. The van der Waals surface area contributed by atoms with Gasteiger partial charge in [0.2, 0.25) is 5.91 Å². The van der Waals surface area contributed by atoms with E-state index < -0.39 is 0 Å². The van der Waals surface area contributed by atoms with E-state index in [1.54, 1.807) is 33.6 Å².